The molecular weight excluding hydrogens is 912 g/mol. The molecule has 1 aromatic heterocycles. The Hall–Kier alpha value is -5.06. The van der Waals surface area contributed by atoms with E-state index in [0.717, 1.165) is 13.0 Å². The molecule has 0 bridgehead atoms. The number of benzene rings is 6. The van der Waals surface area contributed by atoms with Crippen molar-refractivity contribution in [1.29, 1.82) is 0 Å². The molecule has 74 heavy (non-hydrogen) atoms. The predicted octanol–water partition coefficient (Wildman–Crippen LogP) is 17.5. The number of hydrogen-bond donors (Lipinski definition) is 0. The molecule has 3 aliphatic carbocycles. The highest BCUT2D eigenvalue weighted by molar-refractivity contribution is 7.33. The van der Waals surface area contributed by atoms with Crippen LogP contribution in [0.25, 0.3) is 21.2 Å². The summed E-state index contributed by atoms with van der Waals surface area (Å²) in [4.78, 5) is 5.53. The Balaban J connectivity index is 1.13. The summed E-state index contributed by atoms with van der Waals surface area (Å²) in [7, 11) is 0. The van der Waals surface area contributed by atoms with Crippen LogP contribution in [0.1, 0.15) is 198 Å². The highest BCUT2D eigenvalue weighted by Crippen LogP contribution is 2.54. The molecule has 12 rings (SSSR count). The molecule has 0 saturated heterocycles. The van der Waals surface area contributed by atoms with Crippen molar-refractivity contribution in [3.8, 4) is 11.1 Å². The Kier molecular flexibility index (Phi) is 10.9. The molecule has 0 spiro atoms. The number of nitrogens with zero attached hydrogens (tertiary/aromatic N) is 2. The third kappa shape index (κ3) is 7.58. The summed E-state index contributed by atoms with van der Waals surface area (Å²) in [5, 5.41) is 1.41. The van der Waals surface area contributed by atoms with Crippen molar-refractivity contribution in [2.24, 2.45) is 0 Å². The lowest BCUT2D eigenvalue weighted by atomic mass is 9.35. The molecule has 2 nitrogen and oxygen atoms in total. The molecule has 7 aromatic rings. The summed E-state index contributed by atoms with van der Waals surface area (Å²) in [5.41, 5.74) is 27.9. The molecule has 4 heteroatoms. The van der Waals surface area contributed by atoms with Crippen LogP contribution in [0, 0.1) is 13.8 Å². The van der Waals surface area contributed by atoms with Crippen LogP contribution in [0.15, 0.2) is 97.1 Å². The van der Waals surface area contributed by atoms with Crippen LogP contribution >= 0.6 is 11.3 Å². The minimum absolute atomic E-state index is 0.0560. The van der Waals surface area contributed by atoms with Gasteiger partial charge >= 0.3 is 0 Å². The van der Waals surface area contributed by atoms with Crippen LogP contribution in [-0.2, 0) is 44.3 Å². The lowest BCUT2D eigenvalue weighted by molar-refractivity contribution is 0.331. The fourth-order valence-corrected chi connectivity index (χ4v) is 16.0. The Morgan fingerprint density at radius 3 is 1.62 bits per heavy atom. The van der Waals surface area contributed by atoms with Gasteiger partial charge in [0.15, 0.2) is 0 Å². The minimum Gasteiger partial charge on any atom is -0.342 e. The second-order valence-corrected chi connectivity index (χ2v) is 30.1. The molecule has 5 aliphatic rings. The van der Waals surface area contributed by atoms with E-state index >= 15 is 0 Å². The monoisotopic (exact) mass is 995 g/mol. The molecule has 2 aliphatic heterocycles. The van der Waals surface area contributed by atoms with E-state index in [2.05, 4.69) is 236 Å². The maximum Gasteiger partial charge on any atom is 0.264 e. The Labute approximate surface area is 450 Å². The van der Waals surface area contributed by atoms with Gasteiger partial charge in [0.2, 0.25) is 0 Å². The van der Waals surface area contributed by atoms with Gasteiger partial charge in [-0.2, -0.15) is 0 Å². The molecule has 0 unspecified atom stereocenters. The van der Waals surface area contributed by atoms with Gasteiger partial charge in [-0.1, -0.05) is 158 Å². The summed E-state index contributed by atoms with van der Waals surface area (Å²) in [6, 6.07) is 40.0. The van der Waals surface area contributed by atoms with Crippen LogP contribution in [0.3, 0.4) is 0 Å². The maximum absolute atomic E-state index is 2.81. The van der Waals surface area contributed by atoms with Gasteiger partial charge in [-0.25, -0.2) is 0 Å². The summed E-state index contributed by atoms with van der Waals surface area (Å²) in [6.07, 6.45) is 8.14. The van der Waals surface area contributed by atoms with Crippen molar-refractivity contribution < 1.29 is 0 Å². The summed E-state index contributed by atoms with van der Waals surface area (Å²) in [5.74, 6) is 0. The second-order valence-electron chi connectivity index (χ2n) is 29.0. The molecule has 6 aromatic carbocycles. The first kappa shape index (κ1) is 49.8. The lowest BCUT2D eigenvalue weighted by Gasteiger charge is -2.47. The van der Waals surface area contributed by atoms with Crippen LogP contribution < -0.4 is 25.5 Å². The Morgan fingerprint density at radius 1 is 0.527 bits per heavy atom. The first-order chi connectivity index (χ1) is 34.6. The quantitative estimate of drug-likeness (QED) is 0.159. The number of hydrogen-bond acceptors (Lipinski definition) is 3. The van der Waals surface area contributed by atoms with E-state index in [1.54, 1.807) is 16.7 Å². The Morgan fingerprint density at radius 2 is 1.04 bits per heavy atom. The van der Waals surface area contributed by atoms with Gasteiger partial charge in [0.1, 0.15) is 0 Å². The lowest BCUT2D eigenvalue weighted by Crippen LogP contribution is -2.61. The standard InChI is InChI=1S/C70H83BN2S/c1-42-34-58-61-59(35-42)73(46-24-22-45(23-25-46)64(3,4)5)62-49-38-52-55(70(16,17)32-29-67(52,10)11)41-60(49)74-63(62)71(61)56-39-53-54(69(14,15)31-30-68(53,12)13)40-57(56)72(58)33-26-44-36-50-51(66(8,9)28-27-65(50,6)7)37-48(44)47-21-19-18-20-43(47)2/h18-25,34-41H,26-33H2,1-17H3. The van der Waals surface area contributed by atoms with E-state index in [4.69, 9.17) is 0 Å². The SMILES string of the molecule is Cc1cc2c3c(c1)N(c1ccc(C(C)(C)C)cc1)c1c(sc4cc5c(cc14)C(C)(C)CCC5(C)C)B3c1cc3c(cc1N2CCc1cc2c(cc1-c1ccccc1C)C(C)(C)CCC2(C)C)C(C)(C)CCC3(C)C. The predicted molar refractivity (Wildman–Crippen MR) is 324 cm³/mol. The highest BCUT2D eigenvalue weighted by atomic mass is 32.1. The summed E-state index contributed by atoms with van der Waals surface area (Å²) < 4.78 is 2.91. The third-order valence-electron chi connectivity index (χ3n) is 20.0. The summed E-state index contributed by atoms with van der Waals surface area (Å²) >= 11 is 2.09. The van der Waals surface area contributed by atoms with Crippen LogP contribution in [-0.4, -0.2) is 13.3 Å². The van der Waals surface area contributed by atoms with Gasteiger partial charge in [0.05, 0.1) is 5.69 Å². The van der Waals surface area contributed by atoms with Gasteiger partial charge in [-0.05, 0) is 217 Å². The van der Waals surface area contributed by atoms with Gasteiger partial charge in [-0.3, -0.25) is 0 Å². The van der Waals surface area contributed by atoms with E-state index in [0.29, 0.717) is 0 Å². The number of anilines is 5. The zero-order valence-electron chi connectivity index (χ0n) is 48.3. The normalized spacial score (nSPS) is 20.0. The van der Waals surface area contributed by atoms with Crippen molar-refractivity contribution in [2.75, 3.05) is 16.3 Å². The largest absolute Gasteiger partial charge is 0.342 e. The fraction of sp³-hybridized carbons (Fsp3) is 0.457. The molecule has 0 N–H and O–H groups in total. The van der Waals surface area contributed by atoms with E-state index in [9.17, 15) is 0 Å². The molecule has 3 heterocycles. The van der Waals surface area contributed by atoms with E-state index in [-0.39, 0.29) is 44.6 Å². The average Bonchev–Trinajstić information content (AvgIpc) is 3.75. The molecular formula is C70H83BN2S. The van der Waals surface area contributed by atoms with Crippen LogP contribution in [0.2, 0.25) is 0 Å². The summed E-state index contributed by atoms with van der Waals surface area (Å²) in [6.45, 7) is 42.6. The number of aryl methyl sites for hydroxylation is 2. The van der Waals surface area contributed by atoms with Crippen molar-refractivity contribution in [1.82, 2.24) is 0 Å². The van der Waals surface area contributed by atoms with Gasteiger partial charge in [0, 0.05) is 44.2 Å². The first-order valence-electron chi connectivity index (χ1n) is 28.5. The van der Waals surface area contributed by atoms with Crippen molar-refractivity contribution in [2.45, 2.75) is 201 Å². The minimum atomic E-state index is 0.0560. The highest BCUT2D eigenvalue weighted by Gasteiger charge is 2.49. The molecule has 0 amide bonds. The van der Waals surface area contributed by atoms with Crippen LogP contribution in [0.4, 0.5) is 28.4 Å². The van der Waals surface area contributed by atoms with Crippen molar-refractivity contribution in [3.63, 3.8) is 0 Å². The molecule has 0 fully saturated rings. The second kappa shape index (κ2) is 16.2. The molecule has 0 atom stereocenters. The zero-order chi connectivity index (χ0) is 52.6. The average molecular weight is 995 g/mol. The van der Waals surface area contributed by atoms with E-state index in [1.165, 1.54) is 143 Å². The number of thiophene rings is 1. The third-order valence-corrected chi connectivity index (χ3v) is 21.2. The van der Waals surface area contributed by atoms with E-state index in [1.807, 2.05) is 0 Å². The molecule has 0 radical (unpaired) electrons. The van der Waals surface area contributed by atoms with Gasteiger partial charge < -0.3 is 9.80 Å². The number of fused-ring (bicyclic) bond motifs is 9. The molecule has 382 valence electrons. The number of rotatable bonds is 5. The molecule has 0 saturated carbocycles. The van der Waals surface area contributed by atoms with Crippen molar-refractivity contribution in [3.05, 3.63) is 153 Å². The van der Waals surface area contributed by atoms with Crippen molar-refractivity contribution >= 4 is 72.3 Å². The Bertz CT molecular complexity index is 3470. The fourth-order valence-electron chi connectivity index (χ4n) is 14.7. The van der Waals surface area contributed by atoms with Gasteiger partial charge in [0.25, 0.3) is 6.71 Å². The first-order valence-corrected chi connectivity index (χ1v) is 29.3. The van der Waals surface area contributed by atoms with Gasteiger partial charge in [-0.15, -0.1) is 11.3 Å². The van der Waals surface area contributed by atoms with E-state index < -0.39 is 0 Å². The maximum atomic E-state index is 2.81. The zero-order valence-corrected chi connectivity index (χ0v) is 49.1. The topological polar surface area (TPSA) is 6.48 Å². The van der Waals surface area contributed by atoms with Crippen LogP contribution in [0.5, 0.6) is 0 Å². The smallest absolute Gasteiger partial charge is 0.264 e.